The first-order valence-electron chi connectivity index (χ1n) is 7.53. The van der Waals surface area contributed by atoms with Gasteiger partial charge in [-0.3, -0.25) is 4.79 Å². The van der Waals surface area contributed by atoms with E-state index >= 15 is 0 Å². The molecule has 0 bridgehead atoms. The zero-order valence-electron chi connectivity index (χ0n) is 13.2. The van der Waals surface area contributed by atoms with Gasteiger partial charge in [0.25, 0.3) is 0 Å². The van der Waals surface area contributed by atoms with Crippen LogP contribution in [0.15, 0.2) is 48.5 Å². The minimum Gasteiger partial charge on any atom is -0.492 e. The molecule has 2 aromatic rings. The number of hydrogen-bond acceptors (Lipinski definition) is 3. The predicted octanol–water partition coefficient (Wildman–Crippen LogP) is 3.84. The number of Topliss-reactive ketones (excluding diaryl/α,β-unsaturated/α-hetero) is 1. The van der Waals surface area contributed by atoms with Gasteiger partial charge in [-0.2, -0.15) is 0 Å². The number of ether oxygens (including phenoxy) is 2. The first-order valence-corrected chi connectivity index (χ1v) is 7.53. The van der Waals surface area contributed by atoms with E-state index in [4.69, 9.17) is 15.9 Å². The van der Waals surface area contributed by atoms with E-state index in [-0.39, 0.29) is 11.7 Å². The molecule has 0 N–H and O–H groups in total. The van der Waals surface area contributed by atoms with Crippen LogP contribution in [0, 0.1) is 12.3 Å². The van der Waals surface area contributed by atoms with Crippen LogP contribution in [0.3, 0.4) is 0 Å². The Kier molecular flexibility index (Phi) is 3.83. The second kappa shape index (κ2) is 5.81. The first kappa shape index (κ1) is 15.2. The highest BCUT2D eigenvalue weighted by molar-refractivity contribution is 6.04. The van der Waals surface area contributed by atoms with Gasteiger partial charge >= 0.3 is 0 Å². The number of carbonyl (C=O) groups excluding carboxylic acids is 1. The average Bonchev–Trinajstić information content (AvgIpc) is 2.55. The molecule has 116 valence electrons. The predicted molar refractivity (Wildman–Crippen MR) is 89.0 cm³/mol. The summed E-state index contributed by atoms with van der Waals surface area (Å²) in [6.07, 6.45) is 5.44. The molecule has 1 heterocycles. The van der Waals surface area contributed by atoms with Gasteiger partial charge in [0.2, 0.25) is 0 Å². The Morgan fingerprint density at radius 3 is 2.65 bits per heavy atom. The summed E-state index contributed by atoms with van der Waals surface area (Å²) in [7, 11) is 0. The highest BCUT2D eigenvalue weighted by Gasteiger charge is 2.30. The van der Waals surface area contributed by atoms with Gasteiger partial charge in [0.05, 0.1) is 11.5 Å². The minimum atomic E-state index is -0.709. The number of rotatable bonds is 3. The van der Waals surface area contributed by atoms with E-state index in [9.17, 15) is 4.79 Å². The SMILES string of the molecule is C#CC(C)(C)Oc1ccc2c(c1)OCC(c1ccccc1)C2=O. The minimum absolute atomic E-state index is 0.0696. The Labute approximate surface area is 136 Å². The molecule has 1 aliphatic heterocycles. The largest absolute Gasteiger partial charge is 0.492 e. The molecule has 1 aliphatic rings. The van der Waals surface area contributed by atoms with E-state index < -0.39 is 5.60 Å². The van der Waals surface area contributed by atoms with Gasteiger partial charge in [0, 0.05) is 6.07 Å². The van der Waals surface area contributed by atoms with Crippen molar-refractivity contribution in [2.75, 3.05) is 6.61 Å². The molecule has 0 radical (unpaired) electrons. The number of benzene rings is 2. The zero-order chi connectivity index (χ0) is 16.4. The summed E-state index contributed by atoms with van der Waals surface area (Å²) in [5.74, 6) is 3.52. The monoisotopic (exact) mass is 306 g/mol. The van der Waals surface area contributed by atoms with Crippen molar-refractivity contribution in [2.24, 2.45) is 0 Å². The molecule has 0 spiro atoms. The molecule has 23 heavy (non-hydrogen) atoms. The van der Waals surface area contributed by atoms with Gasteiger partial charge in [0.1, 0.15) is 18.1 Å². The lowest BCUT2D eigenvalue weighted by atomic mass is 9.89. The van der Waals surface area contributed by atoms with Crippen LogP contribution in [0.2, 0.25) is 0 Å². The fraction of sp³-hybridized carbons (Fsp3) is 0.250. The molecule has 0 aromatic heterocycles. The number of terminal acetylenes is 1. The van der Waals surface area contributed by atoms with Crippen molar-refractivity contribution >= 4 is 5.78 Å². The third kappa shape index (κ3) is 3.07. The van der Waals surface area contributed by atoms with Crippen molar-refractivity contribution in [3.63, 3.8) is 0 Å². The summed E-state index contributed by atoms with van der Waals surface area (Å²) >= 11 is 0. The molecule has 1 atom stereocenters. The van der Waals surface area contributed by atoms with Crippen LogP contribution in [0.1, 0.15) is 35.7 Å². The van der Waals surface area contributed by atoms with Gasteiger partial charge in [-0.25, -0.2) is 0 Å². The lowest BCUT2D eigenvalue weighted by Crippen LogP contribution is -2.27. The van der Waals surface area contributed by atoms with Gasteiger partial charge in [-0.05, 0) is 31.5 Å². The summed E-state index contributed by atoms with van der Waals surface area (Å²) in [6, 6.07) is 14.9. The van der Waals surface area contributed by atoms with E-state index in [0.29, 0.717) is 23.7 Å². The summed E-state index contributed by atoms with van der Waals surface area (Å²) in [6.45, 7) is 3.95. The van der Waals surface area contributed by atoms with Crippen molar-refractivity contribution < 1.29 is 14.3 Å². The highest BCUT2D eigenvalue weighted by Crippen LogP contribution is 2.35. The van der Waals surface area contributed by atoms with Crippen molar-refractivity contribution in [1.82, 2.24) is 0 Å². The third-order valence-electron chi connectivity index (χ3n) is 3.86. The number of carbonyl (C=O) groups is 1. The summed E-state index contributed by atoms with van der Waals surface area (Å²) < 4.78 is 11.5. The average molecular weight is 306 g/mol. The Morgan fingerprint density at radius 2 is 1.96 bits per heavy atom. The fourth-order valence-corrected chi connectivity index (χ4v) is 2.58. The van der Waals surface area contributed by atoms with Crippen LogP contribution >= 0.6 is 0 Å². The summed E-state index contributed by atoms with van der Waals surface area (Å²) in [5.41, 5.74) is 0.840. The van der Waals surface area contributed by atoms with E-state index in [0.717, 1.165) is 5.56 Å². The van der Waals surface area contributed by atoms with Crippen molar-refractivity contribution in [3.8, 4) is 23.8 Å². The second-order valence-electron chi connectivity index (χ2n) is 6.05. The number of hydrogen-bond donors (Lipinski definition) is 0. The normalized spacial score (nSPS) is 16.9. The van der Waals surface area contributed by atoms with Gasteiger partial charge in [-0.15, -0.1) is 6.42 Å². The molecule has 0 fully saturated rings. The van der Waals surface area contributed by atoms with E-state index in [1.54, 1.807) is 18.2 Å². The Morgan fingerprint density at radius 1 is 1.22 bits per heavy atom. The summed E-state index contributed by atoms with van der Waals surface area (Å²) in [5, 5.41) is 0. The topological polar surface area (TPSA) is 35.5 Å². The van der Waals surface area contributed by atoms with Gasteiger partial charge in [-0.1, -0.05) is 36.3 Å². The van der Waals surface area contributed by atoms with Gasteiger partial charge < -0.3 is 9.47 Å². The molecule has 3 rings (SSSR count). The van der Waals surface area contributed by atoms with E-state index in [1.807, 2.05) is 44.2 Å². The molecule has 0 aliphatic carbocycles. The van der Waals surface area contributed by atoms with Crippen LogP contribution in [-0.4, -0.2) is 18.0 Å². The van der Waals surface area contributed by atoms with E-state index in [2.05, 4.69) is 5.92 Å². The fourth-order valence-electron chi connectivity index (χ4n) is 2.58. The van der Waals surface area contributed by atoms with Crippen molar-refractivity contribution in [2.45, 2.75) is 25.4 Å². The zero-order valence-corrected chi connectivity index (χ0v) is 13.2. The van der Waals surface area contributed by atoms with Crippen molar-refractivity contribution in [1.29, 1.82) is 0 Å². The quantitative estimate of drug-likeness (QED) is 0.808. The molecule has 0 saturated heterocycles. The maximum Gasteiger partial charge on any atom is 0.177 e. The highest BCUT2D eigenvalue weighted by atomic mass is 16.5. The van der Waals surface area contributed by atoms with Crippen molar-refractivity contribution in [3.05, 3.63) is 59.7 Å². The maximum absolute atomic E-state index is 12.7. The Bertz CT molecular complexity index is 769. The van der Waals surface area contributed by atoms with E-state index in [1.165, 1.54) is 0 Å². The summed E-state index contributed by atoms with van der Waals surface area (Å²) in [4.78, 5) is 12.7. The second-order valence-corrected chi connectivity index (χ2v) is 6.05. The number of ketones is 1. The Balaban J connectivity index is 1.87. The maximum atomic E-state index is 12.7. The number of fused-ring (bicyclic) bond motifs is 1. The van der Waals surface area contributed by atoms with Crippen LogP contribution in [0.25, 0.3) is 0 Å². The van der Waals surface area contributed by atoms with Crippen LogP contribution in [0.5, 0.6) is 11.5 Å². The van der Waals surface area contributed by atoms with Gasteiger partial charge in [0.15, 0.2) is 11.4 Å². The smallest absolute Gasteiger partial charge is 0.177 e. The molecular weight excluding hydrogens is 288 g/mol. The molecule has 2 aromatic carbocycles. The Hall–Kier alpha value is -2.73. The molecular formula is C20H18O3. The molecule has 3 heteroatoms. The molecule has 0 saturated carbocycles. The standard InChI is InChI=1S/C20H18O3/c1-4-20(2,3)23-15-10-11-16-18(12-15)22-13-17(19(16)21)14-8-6-5-7-9-14/h1,5-12,17H,13H2,2-3H3. The van der Waals surface area contributed by atoms with Crippen LogP contribution < -0.4 is 9.47 Å². The molecule has 1 unspecified atom stereocenters. The molecule has 3 nitrogen and oxygen atoms in total. The molecule has 0 amide bonds. The lowest BCUT2D eigenvalue weighted by molar-refractivity contribution is 0.0895. The van der Waals surface area contributed by atoms with Crippen LogP contribution in [-0.2, 0) is 0 Å². The van der Waals surface area contributed by atoms with Crippen LogP contribution in [0.4, 0.5) is 0 Å². The third-order valence-corrected chi connectivity index (χ3v) is 3.86. The lowest BCUT2D eigenvalue weighted by Gasteiger charge is -2.26. The first-order chi connectivity index (χ1) is 11.0.